The number of aromatic nitrogens is 12. The van der Waals surface area contributed by atoms with Crippen molar-refractivity contribution >= 4 is 77.7 Å². The zero-order valence-corrected chi connectivity index (χ0v) is 62.3. The quantitative estimate of drug-likeness (QED) is 0.0762. The average molecular weight is 1470 g/mol. The summed E-state index contributed by atoms with van der Waals surface area (Å²) in [4.78, 5) is 92.3. The minimum Gasteiger partial charge on any atom is -0.481 e. The molecular formula is C90H72N18O4. The van der Waals surface area contributed by atoms with Crippen molar-refractivity contribution in [2.24, 2.45) is 0 Å². The minimum absolute atomic E-state index is 0.114. The number of pyridine rings is 6. The number of hydrogen-bond acceptors (Lipinski definition) is 16. The maximum Gasteiger partial charge on any atom is 0.263 e. The van der Waals surface area contributed by atoms with Gasteiger partial charge in [0.25, 0.3) is 16.7 Å². The molecule has 0 saturated carbocycles. The van der Waals surface area contributed by atoms with Gasteiger partial charge in [0, 0.05) is 94.0 Å². The van der Waals surface area contributed by atoms with Gasteiger partial charge in [-0.15, -0.1) is 0 Å². The highest BCUT2D eigenvalue weighted by Crippen LogP contribution is 2.37. The number of ether oxygens (including phenoxy) is 1. The van der Waals surface area contributed by atoms with Crippen molar-refractivity contribution in [2.45, 2.75) is 66.6 Å². The van der Waals surface area contributed by atoms with Gasteiger partial charge in [-0.25, -0.2) is 34.5 Å². The first-order valence-corrected chi connectivity index (χ1v) is 35.9. The van der Waals surface area contributed by atoms with Crippen LogP contribution in [0, 0.1) is 47.4 Å². The molecule has 546 valence electrons. The molecule has 0 bridgehead atoms. The minimum atomic E-state index is -0.350. The summed E-state index contributed by atoms with van der Waals surface area (Å²) in [6, 6.07) is 69.0. The highest BCUT2D eigenvalue weighted by atomic mass is 16.5. The Bertz CT molecular complexity index is 6610. The van der Waals surface area contributed by atoms with E-state index in [0.717, 1.165) is 100 Å². The van der Waals surface area contributed by atoms with E-state index < -0.39 is 0 Å². The molecule has 0 fully saturated rings. The van der Waals surface area contributed by atoms with Crippen LogP contribution in [0.25, 0.3) is 108 Å². The second kappa shape index (κ2) is 32.5. The first-order valence-electron chi connectivity index (χ1n) is 35.9. The summed E-state index contributed by atoms with van der Waals surface area (Å²) >= 11 is 0. The number of benzene rings is 7. The normalized spacial score (nSPS) is 11.7. The van der Waals surface area contributed by atoms with Crippen molar-refractivity contribution in [1.29, 1.82) is 0 Å². The number of nitrogens with one attached hydrogen (secondary N) is 3. The van der Waals surface area contributed by atoms with Gasteiger partial charge in [0.05, 0.1) is 66.6 Å². The first kappa shape index (κ1) is 73.7. The molecule has 0 saturated heterocycles. The summed E-state index contributed by atoms with van der Waals surface area (Å²) < 4.78 is 10.5. The third-order valence-electron chi connectivity index (χ3n) is 19.1. The molecule has 0 radical (unpaired) electrons. The smallest absolute Gasteiger partial charge is 0.263 e. The van der Waals surface area contributed by atoms with Gasteiger partial charge in [-0.05, 0) is 177 Å². The monoisotopic (exact) mass is 1470 g/mol. The van der Waals surface area contributed by atoms with E-state index in [1.807, 2.05) is 246 Å². The van der Waals surface area contributed by atoms with E-state index in [9.17, 15) is 14.4 Å². The number of nitrogens with zero attached hydrogens (tertiary/aromatic N) is 15. The van der Waals surface area contributed by atoms with Gasteiger partial charge in [-0.2, -0.15) is 0 Å². The summed E-state index contributed by atoms with van der Waals surface area (Å²) in [7, 11) is 1.57. The van der Waals surface area contributed by atoms with Crippen LogP contribution in [0.3, 0.4) is 0 Å². The van der Waals surface area contributed by atoms with E-state index in [2.05, 4.69) is 81.4 Å². The Balaban J connectivity index is 0.000000140. The molecule has 9 heterocycles. The van der Waals surface area contributed by atoms with E-state index in [1.54, 1.807) is 54.0 Å². The van der Waals surface area contributed by atoms with Crippen LogP contribution < -0.4 is 37.4 Å². The van der Waals surface area contributed by atoms with Crippen LogP contribution in [0.5, 0.6) is 5.88 Å². The van der Waals surface area contributed by atoms with Crippen LogP contribution in [0.2, 0.25) is 0 Å². The van der Waals surface area contributed by atoms with Crippen molar-refractivity contribution in [2.75, 3.05) is 23.1 Å². The van der Waals surface area contributed by atoms with E-state index in [1.165, 1.54) is 18.6 Å². The number of aryl methyl sites for hydroxylation is 4. The van der Waals surface area contributed by atoms with Gasteiger partial charge < -0.3 is 20.7 Å². The van der Waals surface area contributed by atoms with E-state index in [4.69, 9.17) is 24.5 Å². The zero-order valence-electron chi connectivity index (χ0n) is 62.3. The Kier molecular flexibility index (Phi) is 21.4. The molecule has 0 aliphatic carbocycles. The van der Waals surface area contributed by atoms with Crippen LogP contribution >= 0.6 is 0 Å². The molecule has 16 aromatic rings. The molecule has 0 unspecified atom stereocenters. The van der Waals surface area contributed by atoms with Gasteiger partial charge in [-0.3, -0.25) is 53.0 Å². The van der Waals surface area contributed by atoms with Crippen LogP contribution in [0.15, 0.2) is 270 Å². The Morgan fingerprint density at radius 3 is 1.11 bits per heavy atom. The van der Waals surface area contributed by atoms with E-state index in [0.29, 0.717) is 74.0 Å². The number of anilines is 3. The molecule has 0 aliphatic heterocycles. The third kappa shape index (κ3) is 15.3. The topological polar surface area (TPSA) is 240 Å². The van der Waals surface area contributed by atoms with Crippen molar-refractivity contribution < 1.29 is 4.74 Å². The zero-order chi connectivity index (χ0) is 78.1. The fourth-order valence-corrected chi connectivity index (χ4v) is 13.8. The molecule has 7 aromatic carbocycles. The van der Waals surface area contributed by atoms with Gasteiger partial charge in [-0.1, -0.05) is 127 Å². The highest BCUT2D eigenvalue weighted by Gasteiger charge is 2.25. The van der Waals surface area contributed by atoms with Crippen molar-refractivity contribution in [1.82, 2.24) is 58.6 Å². The van der Waals surface area contributed by atoms with E-state index >= 15 is 0 Å². The van der Waals surface area contributed by atoms with Gasteiger partial charge >= 0.3 is 0 Å². The average Bonchev–Trinajstić information content (AvgIpc) is 0.857. The number of hydrogen-bond donors (Lipinski definition) is 3. The summed E-state index contributed by atoms with van der Waals surface area (Å²) in [6.45, 7) is 35.6. The van der Waals surface area contributed by atoms with Gasteiger partial charge in [0.15, 0.2) is 0 Å². The second-order valence-electron chi connectivity index (χ2n) is 26.5. The summed E-state index contributed by atoms with van der Waals surface area (Å²) in [5.74, 6) is 3.46. The summed E-state index contributed by atoms with van der Waals surface area (Å²) in [6.07, 6.45) is 9.78. The van der Waals surface area contributed by atoms with Crippen LogP contribution in [-0.4, -0.2) is 65.7 Å². The number of rotatable bonds is 16. The lowest BCUT2D eigenvalue weighted by Gasteiger charge is -2.22. The Hall–Kier alpha value is -15.2. The Morgan fingerprint density at radius 2 is 0.723 bits per heavy atom. The summed E-state index contributed by atoms with van der Waals surface area (Å²) in [5.41, 5.74) is 12.0. The lowest BCUT2D eigenvalue weighted by atomic mass is 9.98. The standard InChI is InChI=1S/C32H24N6O.C29H24N6O2.C29H24N6O/c1-20(36-31-28(33-3)19-34-21(2)37-31)29-17-23-11-9-14-26(24-16-22-10-7-8-15-27(22)35-18-24)30(23)32(39)38(29)25-12-5-4-6-13-25;1-18(33-28-24(30-3)17-32-19(2)34-28)25-15-21-9-8-12-23(20-13-14-31-26(16-20)37-4)27(21)29(36)35(25)22-10-6-5-7-11-22;1-18-15-21(13-14-31-18)24-12-8-9-22-16-26(19(2)33-28-25(30-4)17-32-20(3)34-28)35(29(36)27(22)24)23-10-6-5-7-11-23/h4-20H,1-2H3,(H,34,36,37);5-18H,1-2,4H3,(H,32,33,34);5-17,19H,1-3H3,(H,32,33,34)/t20-;18-;19-/m000/s1. The lowest BCUT2D eigenvalue weighted by molar-refractivity contribution is 0.398. The summed E-state index contributed by atoms with van der Waals surface area (Å²) in [5, 5.41) is 15.4. The fraction of sp³-hybridized carbons (Fsp3) is 0.122. The fourth-order valence-electron chi connectivity index (χ4n) is 13.8. The second-order valence-corrected chi connectivity index (χ2v) is 26.5. The molecule has 9 aromatic heterocycles. The molecule has 0 spiro atoms. The van der Waals surface area contributed by atoms with Crippen LogP contribution in [-0.2, 0) is 0 Å². The predicted molar refractivity (Wildman–Crippen MR) is 442 cm³/mol. The lowest BCUT2D eigenvalue weighted by Crippen LogP contribution is -2.26. The Labute approximate surface area is 644 Å². The molecular weight excluding hydrogens is 1400 g/mol. The molecule has 3 atom stereocenters. The predicted octanol–water partition coefficient (Wildman–Crippen LogP) is 19.1. The largest absolute Gasteiger partial charge is 0.481 e. The van der Waals surface area contributed by atoms with Crippen molar-refractivity contribution in [3.05, 3.63) is 361 Å². The van der Waals surface area contributed by atoms with Crippen molar-refractivity contribution in [3.8, 4) is 56.3 Å². The van der Waals surface area contributed by atoms with Crippen LogP contribution in [0.1, 0.15) is 79.1 Å². The van der Waals surface area contributed by atoms with Gasteiger partial charge in [0.1, 0.15) is 34.9 Å². The van der Waals surface area contributed by atoms with Crippen LogP contribution in [0.4, 0.5) is 34.5 Å². The number of methoxy groups -OCH3 is 1. The van der Waals surface area contributed by atoms with Crippen molar-refractivity contribution in [3.63, 3.8) is 0 Å². The SMILES string of the molecule is [C-]#[N+]c1cnc(C)nc1N[C@@H](C)c1cc2cccc(-c3ccnc(C)c3)c2c(=O)n1-c1ccccc1.[C-]#[N+]c1cnc(C)nc1N[C@@H](C)c1cc2cccc(-c3ccnc(OC)c3)c2c(=O)n1-c1ccccc1.[C-]#[N+]c1cnc(C)nc1N[C@@H](C)c1cc2cccc(-c3cnc4ccccc4c3)c2c(=O)n1-c1ccccc1. The van der Waals surface area contributed by atoms with Gasteiger partial charge in [0.2, 0.25) is 22.9 Å². The highest BCUT2D eigenvalue weighted by molar-refractivity contribution is 6.00. The van der Waals surface area contributed by atoms with E-state index in [-0.39, 0.29) is 34.8 Å². The molecule has 16 rings (SSSR count). The molecule has 0 aliphatic rings. The maximum atomic E-state index is 14.4. The molecule has 22 nitrogen and oxygen atoms in total. The number of para-hydroxylation sites is 4. The third-order valence-corrected chi connectivity index (χ3v) is 19.1. The number of fused-ring (bicyclic) bond motifs is 4. The molecule has 3 N–H and O–H groups in total. The molecule has 22 heteroatoms. The molecule has 112 heavy (non-hydrogen) atoms. The maximum absolute atomic E-state index is 14.4. The molecule has 0 amide bonds. The Morgan fingerprint density at radius 1 is 0.366 bits per heavy atom. The first-order chi connectivity index (χ1) is 54.5.